The predicted molar refractivity (Wildman–Crippen MR) is 98.9 cm³/mol. The van der Waals surface area contributed by atoms with Crippen LogP contribution in [0.15, 0.2) is 18.2 Å². The third-order valence-electron chi connectivity index (χ3n) is 4.76. The summed E-state index contributed by atoms with van der Waals surface area (Å²) >= 11 is 1.62. The van der Waals surface area contributed by atoms with Gasteiger partial charge < -0.3 is 14.9 Å². The molecule has 1 unspecified atom stereocenters. The summed E-state index contributed by atoms with van der Waals surface area (Å²) in [6.07, 6.45) is 1.88. The van der Waals surface area contributed by atoms with Crippen LogP contribution in [0.2, 0.25) is 0 Å². The number of nitro groups is 1. The second kappa shape index (κ2) is 7.94. The summed E-state index contributed by atoms with van der Waals surface area (Å²) in [6.45, 7) is 2.00. The minimum absolute atomic E-state index is 0.0704. The fourth-order valence-electron chi connectivity index (χ4n) is 3.49. The SMILES string of the molecule is O=C(O)CC1CSCCN1C(=O)c1ccc(N2CCCC2)c([N+](=O)[O-])c1. The Morgan fingerprint density at radius 1 is 1.27 bits per heavy atom. The Balaban J connectivity index is 1.87. The van der Waals surface area contributed by atoms with Crippen molar-refractivity contribution in [3.05, 3.63) is 33.9 Å². The second-order valence-electron chi connectivity index (χ2n) is 6.48. The average molecular weight is 379 g/mol. The number of carbonyl (C=O) groups excluding carboxylic acids is 1. The maximum absolute atomic E-state index is 12.9. The summed E-state index contributed by atoms with van der Waals surface area (Å²) < 4.78 is 0. The molecular weight excluding hydrogens is 358 g/mol. The molecule has 9 heteroatoms. The van der Waals surface area contributed by atoms with Crippen LogP contribution >= 0.6 is 11.8 Å². The van der Waals surface area contributed by atoms with Crippen LogP contribution in [0.25, 0.3) is 0 Å². The first kappa shape index (κ1) is 18.5. The van der Waals surface area contributed by atoms with Crippen LogP contribution in [-0.4, -0.2) is 64.0 Å². The van der Waals surface area contributed by atoms with E-state index in [1.807, 2.05) is 4.90 Å². The van der Waals surface area contributed by atoms with E-state index in [1.54, 1.807) is 28.8 Å². The molecule has 1 amide bonds. The van der Waals surface area contributed by atoms with Crippen molar-refractivity contribution in [3.8, 4) is 0 Å². The van der Waals surface area contributed by atoms with Crippen molar-refractivity contribution in [2.24, 2.45) is 0 Å². The van der Waals surface area contributed by atoms with Gasteiger partial charge in [-0.1, -0.05) is 0 Å². The van der Waals surface area contributed by atoms with Gasteiger partial charge in [0.15, 0.2) is 0 Å². The standard InChI is InChI=1S/C17H21N3O5S/c21-16(22)10-13-11-26-8-7-19(13)17(23)12-3-4-14(15(9-12)20(24)25)18-5-1-2-6-18/h3-4,9,13H,1-2,5-8,10-11H2,(H,21,22). The molecule has 2 aliphatic rings. The zero-order valence-corrected chi connectivity index (χ0v) is 15.1. The summed E-state index contributed by atoms with van der Waals surface area (Å²) in [5.74, 6) is 0.000205. The molecule has 1 aromatic carbocycles. The van der Waals surface area contributed by atoms with E-state index < -0.39 is 16.9 Å². The number of nitrogens with zero attached hydrogens (tertiary/aromatic N) is 3. The summed E-state index contributed by atoms with van der Waals surface area (Å²) in [7, 11) is 0. The number of carboxylic acids is 1. The topological polar surface area (TPSA) is 104 Å². The number of anilines is 1. The lowest BCUT2D eigenvalue weighted by atomic mass is 10.1. The molecule has 140 valence electrons. The number of aliphatic carboxylic acids is 1. The quantitative estimate of drug-likeness (QED) is 0.618. The molecular formula is C17H21N3O5S. The van der Waals surface area contributed by atoms with Crippen molar-refractivity contribution in [2.75, 3.05) is 36.0 Å². The van der Waals surface area contributed by atoms with E-state index in [4.69, 9.17) is 5.11 Å². The molecule has 26 heavy (non-hydrogen) atoms. The number of hydrogen-bond donors (Lipinski definition) is 1. The fraction of sp³-hybridized carbons (Fsp3) is 0.529. The highest BCUT2D eigenvalue weighted by Crippen LogP contribution is 2.32. The van der Waals surface area contributed by atoms with Crippen LogP contribution in [0.5, 0.6) is 0 Å². The van der Waals surface area contributed by atoms with Gasteiger partial charge in [-0.25, -0.2) is 0 Å². The number of carboxylic acid groups (broad SMARTS) is 1. The van der Waals surface area contributed by atoms with Crippen LogP contribution in [0, 0.1) is 10.1 Å². The van der Waals surface area contributed by atoms with Gasteiger partial charge in [-0.3, -0.25) is 19.7 Å². The zero-order chi connectivity index (χ0) is 18.7. The number of hydrogen-bond acceptors (Lipinski definition) is 6. The zero-order valence-electron chi connectivity index (χ0n) is 14.3. The van der Waals surface area contributed by atoms with Crippen molar-refractivity contribution in [2.45, 2.75) is 25.3 Å². The van der Waals surface area contributed by atoms with Crippen molar-refractivity contribution in [3.63, 3.8) is 0 Å². The van der Waals surface area contributed by atoms with Gasteiger partial charge in [0.1, 0.15) is 5.69 Å². The van der Waals surface area contributed by atoms with Crippen molar-refractivity contribution >= 4 is 35.0 Å². The lowest BCUT2D eigenvalue weighted by molar-refractivity contribution is -0.384. The van der Waals surface area contributed by atoms with E-state index in [1.165, 1.54) is 6.07 Å². The molecule has 8 nitrogen and oxygen atoms in total. The molecule has 2 fully saturated rings. The maximum Gasteiger partial charge on any atom is 0.305 e. The summed E-state index contributed by atoms with van der Waals surface area (Å²) in [6, 6.07) is 4.19. The van der Waals surface area contributed by atoms with E-state index in [9.17, 15) is 19.7 Å². The number of thioether (sulfide) groups is 1. The Bertz CT molecular complexity index is 720. The first-order valence-electron chi connectivity index (χ1n) is 8.61. The van der Waals surface area contributed by atoms with Gasteiger partial charge in [0.2, 0.25) is 0 Å². The molecule has 1 atom stereocenters. The number of rotatable bonds is 5. The molecule has 1 N–H and O–H groups in total. The third kappa shape index (κ3) is 3.92. The second-order valence-corrected chi connectivity index (χ2v) is 7.63. The Labute approximate surface area is 155 Å². The van der Waals surface area contributed by atoms with Gasteiger partial charge in [0, 0.05) is 42.8 Å². The molecule has 0 spiro atoms. The van der Waals surface area contributed by atoms with Gasteiger partial charge in [0.05, 0.1) is 17.4 Å². The minimum atomic E-state index is -0.953. The molecule has 2 aliphatic heterocycles. The molecule has 0 bridgehead atoms. The van der Waals surface area contributed by atoms with Gasteiger partial charge in [-0.05, 0) is 25.0 Å². The Kier molecular flexibility index (Phi) is 5.65. The Morgan fingerprint density at radius 3 is 2.65 bits per heavy atom. The highest BCUT2D eigenvalue weighted by Gasteiger charge is 2.31. The summed E-state index contributed by atoms with van der Waals surface area (Å²) in [5.41, 5.74) is 0.709. The molecule has 0 saturated carbocycles. The van der Waals surface area contributed by atoms with Crippen LogP contribution in [-0.2, 0) is 4.79 Å². The number of carbonyl (C=O) groups is 2. The van der Waals surface area contributed by atoms with Crippen molar-refractivity contribution < 1.29 is 19.6 Å². The monoisotopic (exact) mass is 379 g/mol. The molecule has 2 heterocycles. The van der Waals surface area contributed by atoms with E-state index in [-0.39, 0.29) is 23.6 Å². The smallest absolute Gasteiger partial charge is 0.305 e. The van der Waals surface area contributed by atoms with Crippen molar-refractivity contribution in [1.82, 2.24) is 4.90 Å². The number of amides is 1. The average Bonchev–Trinajstić information content (AvgIpc) is 3.15. The molecule has 2 saturated heterocycles. The molecule has 0 aliphatic carbocycles. The largest absolute Gasteiger partial charge is 0.481 e. The fourth-order valence-corrected chi connectivity index (χ4v) is 4.55. The summed E-state index contributed by atoms with van der Waals surface area (Å²) in [4.78, 5) is 38.5. The molecule has 3 rings (SSSR count). The minimum Gasteiger partial charge on any atom is -0.481 e. The van der Waals surface area contributed by atoms with Crippen LogP contribution in [0.1, 0.15) is 29.6 Å². The number of benzene rings is 1. The van der Waals surface area contributed by atoms with Gasteiger partial charge >= 0.3 is 5.97 Å². The highest BCUT2D eigenvalue weighted by atomic mass is 32.2. The van der Waals surface area contributed by atoms with Crippen molar-refractivity contribution in [1.29, 1.82) is 0 Å². The van der Waals surface area contributed by atoms with E-state index in [2.05, 4.69) is 0 Å². The van der Waals surface area contributed by atoms with Crippen LogP contribution in [0.4, 0.5) is 11.4 Å². The van der Waals surface area contributed by atoms with Crippen LogP contribution in [0.3, 0.4) is 0 Å². The molecule has 1 aromatic rings. The normalized spacial score (nSPS) is 20.2. The Morgan fingerprint density at radius 2 is 2.00 bits per heavy atom. The van der Waals surface area contributed by atoms with Gasteiger partial charge in [-0.2, -0.15) is 11.8 Å². The lowest BCUT2D eigenvalue weighted by Gasteiger charge is -2.34. The highest BCUT2D eigenvalue weighted by molar-refractivity contribution is 7.99. The molecule has 0 radical (unpaired) electrons. The third-order valence-corrected chi connectivity index (χ3v) is 5.86. The van der Waals surface area contributed by atoms with Crippen LogP contribution < -0.4 is 4.90 Å². The van der Waals surface area contributed by atoms with E-state index in [0.29, 0.717) is 18.0 Å². The number of nitro benzene ring substituents is 1. The first-order valence-corrected chi connectivity index (χ1v) is 9.76. The first-order chi connectivity index (χ1) is 12.5. The van der Waals surface area contributed by atoms with Gasteiger partial charge in [-0.15, -0.1) is 0 Å². The maximum atomic E-state index is 12.9. The van der Waals surface area contributed by atoms with Gasteiger partial charge in [0.25, 0.3) is 11.6 Å². The van der Waals surface area contributed by atoms with E-state index in [0.717, 1.165) is 31.7 Å². The summed E-state index contributed by atoms with van der Waals surface area (Å²) in [5, 5.41) is 20.6. The Hall–Kier alpha value is -2.29. The molecule has 0 aromatic heterocycles. The van der Waals surface area contributed by atoms with E-state index >= 15 is 0 Å². The predicted octanol–water partition coefficient (Wildman–Crippen LogP) is 2.23. The lowest BCUT2D eigenvalue weighted by Crippen LogP contribution is -2.47.